The van der Waals surface area contributed by atoms with Crippen LogP contribution in [0.15, 0.2) is 42.5 Å². The molecule has 2 unspecified atom stereocenters. The number of benzene rings is 2. The highest BCUT2D eigenvalue weighted by atomic mass is 32.2. The number of carbonyl (C=O) groups is 1. The van der Waals surface area contributed by atoms with E-state index < -0.39 is 43.6 Å². The molecule has 1 aliphatic rings. The second-order valence-electron chi connectivity index (χ2n) is 12.7. The Balaban J connectivity index is 0.000000500. The van der Waals surface area contributed by atoms with Gasteiger partial charge in [0.15, 0.2) is 19.7 Å². The lowest BCUT2D eigenvalue weighted by molar-refractivity contribution is -0.133. The van der Waals surface area contributed by atoms with Crippen LogP contribution in [0.25, 0.3) is 0 Å². The van der Waals surface area contributed by atoms with E-state index in [-0.39, 0.29) is 28.6 Å². The zero-order valence-electron chi connectivity index (χ0n) is 30.3. The molecule has 0 aliphatic carbocycles. The summed E-state index contributed by atoms with van der Waals surface area (Å²) in [6.07, 6.45) is 4.51. The summed E-state index contributed by atoms with van der Waals surface area (Å²) in [5, 5.41) is 13.9. The molecule has 50 heavy (non-hydrogen) atoms. The minimum absolute atomic E-state index is 0.0660. The number of aliphatic hydroxyl groups excluding tert-OH is 1. The van der Waals surface area contributed by atoms with Crippen molar-refractivity contribution in [2.24, 2.45) is 5.73 Å². The molecule has 1 saturated heterocycles. The number of ether oxygens (including phenoxy) is 1. The number of likely N-dealkylation sites (N-methyl/N-ethyl adjacent to an activating group) is 1. The van der Waals surface area contributed by atoms with Gasteiger partial charge in [-0.3, -0.25) is 9.69 Å². The quantitative estimate of drug-likeness (QED) is 0.144. The zero-order chi connectivity index (χ0) is 37.7. The van der Waals surface area contributed by atoms with E-state index in [0.717, 1.165) is 37.3 Å². The molecule has 0 aromatic heterocycles. The molecule has 10 nitrogen and oxygen atoms in total. The summed E-state index contributed by atoms with van der Waals surface area (Å²) in [6, 6.07) is 11.2. The van der Waals surface area contributed by atoms with Crippen molar-refractivity contribution in [2.45, 2.75) is 109 Å². The monoisotopic (exact) mass is 747 g/mol. The molecule has 286 valence electrons. The molecule has 2 aromatic rings. The number of nitrogens with zero attached hydrogens (tertiary/aromatic N) is 1. The maximum absolute atomic E-state index is 13.1. The maximum atomic E-state index is 13.1. The van der Waals surface area contributed by atoms with Gasteiger partial charge in [0.05, 0.1) is 28.6 Å². The van der Waals surface area contributed by atoms with Gasteiger partial charge < -0.3 is 20.9 Å². The van der Waals surface area contributed by atoms with Crippen molar-refractivity contribution in [2.75, 3.05) is 37.4 Å². The van der Waals surface area contributed by atoms with E-state index in [0.29, 0.717) is 57.4 Å². The molecule has 1 aliphatic heterocycles. The molecule has 2 atom stereocenters. The Kier molecular flexibility index (Phi) is 21.7. The summed E-state index contributed by atoms with van der Waals surface area (Å²) in [5.74, 6) is -0.819. The van der Waals surface area contributed by atoms with Crippen molar-refractivity contribution in [3.05, 3.63) is 70.8 Å². The first-order chi connectivity index (χ1) is 23.6. The Morgan fingerprint density at radius 2 is 1.62 bits per heavy atom. The molecule has 1 heterocycles. The standard InChI is InChI=1S/C23H43N3O3S.C7H6F2.C6H10O4S/c1-5-10-21(11-6-2)30(28,29)18-22(25-4)23(27)26(15-9-14-24)17-20-13-8-12-19(7-3)16-20;1-5-2-6(8)4-7(9)3-5;7-5-10-6-1-3-11(8,9)4-2-6/h8,12-13,16,21-23,25,27H,5-7,9-11,14-15,17-18,24H2,1-4H3;2-4H,1H3;5-6H,1-4H2. The van der Waals surface area contributed by atoms with Crippen LogP contribution in [0.5, 0.6) is 0 Å². The smallest absolute Gasteiger partial charge is 0.293 e. The number of halogens is 2. The molecular formula is C36H59F2N3O7S2. The lowest BCUT2D eigenvalue weighted by Crippen LogP contribution is -2.53. The molecule has 0 saturated carbocycles. The fraction of sp³-hybridized carbons (Fsp3) is 0.639. The Morgan fingerprint density at radius 3 is 2.10 bits per heavy atom. The topological polar surface area (TPSA) is 156 Å². The molecule has 0 bridgehead atoms. The van der Waals surface area contributed by atoms with Crippen molar-refractivity contribution >= 4 is 26.1 Å². The van der Waals surface area contributed by atoms with Gasteiger partial charge in [0.2, 0.25) is 0 Å². The Bertz CT molecular complexity index is 1410. The van der Waals surface area contributed by atoms with E-state index in [2.05, 4.69) is 29.1 Å². The number of nitrogens with one attached hydrogen (secondary N) is 1. The van der Waals surface area contributed by atoms with Gasteiger partial charge in [-0.15, -0.1) is 0 Å². The largest absolute Gasteiger partial charge is 0.465 e. The molecule has 0 spiro atoms. The van der Waals surface area contributed by atoms with Gasteiger partial charge >= 0.3 is 0 Å². The number of carbonyl (C=O) groups excluding carboxylic acids is 1. The van der Waals surface area contributed by atoms with Gasteiger partial charge in [-0.2, -0.15) is 0 Å². The second-order valence-corrected chi connectivity index (χ2v) is 17.3. The average Bonchev–Trinajstić information content (AvgIpc) is 3.06. The third-order valence-corrected chi connectivity index (χ3v) is 12.5. The van der Waals surface area contributed by atoms with Gasteiger partial charge in [0.25, 0.3) is 6.47 Å². The van der Waals surface area contributed by atoms with E-state index >= 15 is 0 Å². The van der Waals surface area contributed by atoms with Gasteiger partial charge in [-0.1, -0.05) is 57.9 Å². The summed E-state index contributed by atoms with van der Waals surface area (Å²) in [7, 11) is -4.43. The van der Waals surface area contributed by atoms with E-state index in [1.165, 1.54) is 17.7 Å². The van der Waals surface area contributed by atoms with Gasteiger partial charge in [-0.25, -0.2) is 25.6 Å². The first-order valence-corrected chi connectivity index (χ1v) is 21.0. The van der Waals surface area contributed by atoms with Crippen molar-refractivity contribution in [1.29, 1.82) is 0 Å². The number of hydrogen-bond acceptors (Lipinski definition) is 10. The zero-order valence-corrected chi connectivity index (χ0v) is 32.0. The molecule has 2 aromatic carbocycles. The van der Waals surface area contributed by atoms with Crippen molar-refractivity contribution < 1.29 is 40.3 Å². The Hall–Kier alpha value is -2.49. The fourth-order valence-corrected chi connectivity index (χ4v) is 9.41. The highest BCUT2D eigenvalue weighted by Crippen LogP contribution is 2.20. The molecule has 3 rings (SSSR count). The third kappa shape index (κ3) is 17.6. The van der Waals surface area contributed by atoms with Crippen LogP contribution >= 0.6 is 0 Å². The van der Waals surface area contributed by atoms with E-state index in [4.69, 9.17) is 5.73 Å². The Morgan fingerprint density at radius 1 is 1.04 bits per heavy atom. The van der Waals surface area contributed by atoms with Crippen molar-refractivity contribution in [3.63, 3.8) is 0 Å². The first-order valence-electron chi connectivity index (χ1n) is 17.5. The number of hydrogen-bond donors (Lipinski definition) is 3. The number of aryl methyl sites for hydroxylation is 2. The van der Waals surface area contributed by atoms with Crippen LogP contribution in [0.3, 0.4) is 0 Å². The third-order valence-electron chi connectivity index (χ3n) is 8.44. The predicted molar refractivity (Wildman–Crippen MR) is 196 cm³/mol. The maximum Gasteiger partial charge on any atom is 0.293 e. The Labute approximate surface area is 299 Å². The second kappa shape index (κ2) is 23.9. The lowest BCUT2D eigenvalue weighted by Gasteiger charge is -2.34. The average molecular weight is 748 g/mol. The summed E-state index contributed by atoms with van der Waals surface area (Å²) < 4.78 is 76.9. The summed E-state index contributed by atoms with van der Waals surface area (Å²) in [6.45, 7) is 9.86. The summed E-state index contributed by atoms with van der Waals surface area (Å²) in [5.41, 5.74) is 8.67. The molecule has 0 radical (unpaired) electrons. The van der Waals surface area contributed by atoms with Crippen LogP contribution in [0.1, 0.15) is 82.4 Å². The highest BCUT2D eigenvalue weighted by molar-refractivity contribution is 7.92. The molecule has 4 N–H and O–H groups in total. The SMILES string of the molecule is CCCC(CCC)S(=O)(=O)CC(NC)C(O)N(CCCN)Cc1cccc(CC)c1.Cc1cc(F)cc(F)c1.O=COC1CCS(=O)(=O)CC1. The van der Waals surface area contributed by atoms with Crippen molar-refractivity contribution in [3.8, 4) is 0 Å². The number of nitrogens with two attached hydrogens (primary N) is 1. The molecular weight excluding hydrogens is 689 g/mol. The summed E-state index contributed by atoms with van der Waals surface area (Å²) >= 11 is 0. The normalized spacial score (nSPS) is 15.7. The van der Waals surface area contributed by atoms with Crippen LogP contribution in [0.4, 0.5) is 8.78 Å². The fourth-order valence-electron chi connectivity index (χ4n) is 5.66. The highest BCUT2D eigenvalue weighted by Gasteiger charge is 2.33. The van der Waals surface area contributed by atoms with Gasteiger partial charge in [0.1, 0.15) is 24.0 Å². The van der Waals surface area contributed by atoms with Crippen LogP contribution in [-0.4, -0.2) is 94.3 Å². The van der Waals surface area contributed by atoms with Crippen LogP contribution < -0.4 is 11.1 Å². The van der Waals surface area contributed by atoms with Crippen molar-refractivity contribution in [1.82, 2.24) is 10.2 Å². The van der Waals surface area contributed by atoms with Gasteiger partial charge in [0, 0.05) is 19.2 Å². The number of sulfone groups is 2. The lowest BCUT2D eigenvalue weighted by atomic mass is 10.1. The van der Waals surface area contributed by atoms with Crippen LogP contribution in [-0.2, 0) is 42.2 Å². The predicted octanol–water partition coefficient (Wildman–Crippen LogP) is 4.70. The van der Waals surface area contributed by atoms with Crippen LogP contribution in [0.2, 0.25) is 0 Å². The van der Waals surface area contributed by atoms with Crippen LogP contribution in [0, 0.1) is 18.6 Å². The van der Waals surface area contributed by atoms with E-state index in [1.54, 1.807) is 14.0 Å². The molecule has 14 heteroatoms. The summed E-state index contributed by atoms with van der Waals surface area (Å²) in [4.78, 5) is 11.8. The number of rotatable bonds is 18. The van der Waals surface area contributed by atoms with Gasteiger partial charge in [-0.05, 0) is 87.9 Å². The minimum Gasteiger partial charge on any atom is -0.465 e. The minimum atomic E-state index is -3.31. The molecule has 1 fully saturated rings. The first kappa shape index (κ1) is 45.5. The number of aliphatic hydroxyl groups is 1. The molecule has 0 amide bonds. The van der Waals surface area contributed by atoms with E-state index in [1.807, 2.05) is 30.9 Å². The van der Waals surface area contributed by atoms with E-state index in [9.17, 15) is 35.5 Å².